The highest BCUT2D eigenvalue weighted by molar-refractivity contribution is 6.12. The van der Waals surface area contributed by atoms with Gasteiger partial charge in [0.05, 0.1) is 51.6 Å². The van der Waals surface area contributed by atoms with Crippen LogP contribution in [0.25, 0.3) is 82.1 Å². The molecule has 0 saturated heterocycles. The van der Waals surface area contributed by atoms with Crippen LogP contribution in [0.1, 0.15) is 63.8 Å². The summed E-state index contributed by atoms with van der Waals surface area (Å²) in [5.41, 5.74) is 9.78. The van der Waals surface area contributed by atoms with Crippen molar-refractivity contribution in [2.24, 2.45) is 0 Å². The van der Waals surface area contributed by atoms with Gasteiger partial charge in [0.25, 0.3) is 0 Å². The van der Waals surface area contributed by atoms with E-state index in [-0.39, 0.29) is 16.5 Å². The monoisotopic (exact) mass is 790 g/mol. The molecule has 0 fully saturated rings. The van der Waals surface area contributed by atoms with E-state index in [1.807, 2.05) is 60.7 Å². The second kappa shape index (κ2) is 13.8. The molecule has 2 aromatic heterocycles. The summed E-state index contributed by atoms with van der Waals surface area (Å²) in [6, 6.07) is 47.0. The minimum absolute atomic E-state index is 0.0786. The molecule has 7 heteroatoms. The molecular formula is C53H41F3N4. The van der Waals surface area contributed by atoms with E-state index in [1.54, 1.807) is 0 Å². The summed E-state index contributed by atoms with van der Waals surface area (Å²) in [6.07, 6.45) is -4.60. The Kier molecular flexibility index (Phi) is 8.81. The number of hydrogen-bond donors (Lipinski definition) is 0. The first-order chi connectivity index (χ1) is 28.6. The van der Waals surface area contributed by atoms with Gasteiger partial charge in [-0.05, 0) is 106 Å². The van der Waals surface area contributed by atoms with Crippen molar-refractivity contribution < 1.29 is 13.2 Å². The van der Waals surface area contributed by atoms with Gasteiger partial charge < -0.3 is 9.13 Å². The molecular weight excluding hydrogens is 750 g/mol. The maximum absolute atomic E-state index is 13.9. The van der Waals surface area contributed by atoms with Crippen molar-refractivity contribution >= 4 is 49.3 Å². The number of nitrogens with zero attached hydrogens (tertiary/aromatic N) is 4. The highest BCUT2D eigenvalue weighted by Crippen LogP contribution is 2.45. The maximum Gasteiger partial charge on any atom is 0.415 e. The molecule has 9 rings (SSSR count). The van der Waals surface area contributed by atoms with Gasteiger partial charge in [0, 0.05) is 38.2 Å². The van der Waals surface area contributed by atoms with Gasteiger partial charge in [0.15, 0.2) is 5.69 Å². The Morgan fingerprint density at radius 3 is 1.48 bits per heavy atom. The number of aromatic nitrogens is 2. The standard InChI is InChI=1S/C53H41F3N4/c1-51(2,3)34-19-24-49-42(28-34)38-12-8-10-14-45(38)59(49)47-22-16-32(31-57)26-40(47)41-27-33(37-21-18-36(53(54,55)56)30-44(37)58-7)17-23-48(41)60-46-15-11-9-13-39(46)43-29-35(52(4,5)6)20-25-50(43)60/h8-30H,1-6H3. The zero-order valence-corrected chi connectivity index (χ0v) is 34.2. The normalized spacial score (nSPS) is 12.4. The average molecular weight is 791 g/mol. The van der Waals surface area contributed by atoms with E-state index < -0.39 is 11.7 Å². The van der Waals surface area contributed by atoms with Crippen LogP contribution in [0.5, 0.6) is 0 Å². The zero-order chi connectivity index (χ0) is 42.3. The summed E-state index contributed by atoms with van der Waals surface area (Å²) in [4.78, 5) is 3.58. The van der Waals surface area contributed by atoms with Gasteiger partial charge in [-0.15, -0.1) is 0 Å². The first-order valence-corrected chi connectivity index (χ1v) is 19.9. The van der Waals surface area contributed by atoms with Gasteiger partial charge in [-0.25, -0.2) is 4.85 Å². The summed E-state index contributed by atoms with van der Waals surface area (Å²) < 4.78 is 46.2. The predicted molar refractivity (Wildman–Crippen MR) is 239 cm³/mol. The molecule has 0 bridgehead atoms. The number of benzene rings is 7. The van der Waals surface area contributed by atoms with E-state index in [0.29, 0.717) is 16.7 Å². The van der Waals surface area contributed by atoms with Crippen LogP contribution in [-0.2, 0) is 17.0 Å². The van der Waals surface area contributed by atoms with Gasteiger partial charge in [0.1, 0.15) is 0 Å². The maximum atomic E-state index is 13.9. The van der Waals surface area contributed by atoms with Crippen molar-refractivity contribution in [1.29, 1.82) is 5.26 Å². The molecule has 7 aromatic carbocycles. The molecule has 0 N–H and O–H groups in total. The Morgan fingerprint density at radius 2 is 0.983 bits per heavy atom. The van der Waals surface area contributed by atoms with Gasteiger partial charge >= 0.3 is 6.18 Å². The van der Waals surface area contributed by atoms with Crippen LogP contribution < -0.4 is 0 Å². The second-order valence-corrected chi connectivity index (χ2v) is 17.6. The van der Waals surface area contributed by atoms with Crippen molar-refractivity contribution in [2.75, 3.05) is 0 Å². The Labute approximate surface area is 347 Å². The molecule has 0 amide bonds. The molecule has 0 spiro atoms. The number of rotatable bonds is 4. The van der Waals surface area contributed by atoms with E-state index in [9.17, 15) is 18.4 Å². The largest absolute Gasteiger partial charge is 0.415 e. The molecule has 294 valence electrons. The first-order valence-electron chi connectivity index (χ1n) is 19.9. The van der Waals surface area contributed by atoms with Crippen LogP contribution in [0.2, 0.25) is 0 Å². The van der Waals surface area contributed by atoms with Crippen LogP contribution >= 0.6 is 0 Å². The van der Waals surface area contributed by atoms with Crippen LogP contribution in [0.3, 0.4) is 0 Å². The van der Waals surface area contributed by atoms with Crippen molar-refractivity contribution in [2.45, 2.75) is 58.5 Å². The fraction of sp³-hybridized carbons (Fsp3) is 0.170. The van der Waals surface area contributed by atoms with E-state index in [0.717, 1.165) is 78.2 Å². The molecule has 0 aliphatic heterocycles. The van der Waals surface area contributed by atoms with E-state index in [2.05, 4.69) is 122 Å². The Morgan fingerprint density at radius 1 is 0.500 bits per heavy atom. The van der Waals surface area contributed by atoms with Gasteiger partial charge in [-0.2, -0.15) is 18.4 Å². The second-order valence-electron chi connectivity index (χ2n) is 17.6. The quantitative estimate of drug-likeness (QED) is 0.164. The highest BCUT2D eigenvalue weighted by atomic mass is 19.4. The molecule has 0 aliphatic carbocycles. The summed E-state index contributed by atoms with van der Waals surface area (Å²) in [5.74, 6) is 0. The molecule has 0 aliphatic rings. The SMILES string of the molecule is [C-]#[N+]c1cc(C(F)(F)F)ccc1-c1ccc(-n2c3ccccc3c3cc(C(C)(C)C)ccc32)c(-c2cc(C#N)ccc2-n2c3ccccc3c3cc(C(C)(C)C)ccc32)c1. The van der Waals surface area contributed by atoms with Gasteiger partial charge in [-0.1, -0.05) is 108 Å². The van der Waals surface area contributed by atoms with Crippen LogP contribution in [0.4, 0.5) is 18.9 Å². The minimum Gasteiger partial charge on any atom is -0.309 e. The van der Waals surface area contributed by atoms with Crippen molar-refractivity contribution in [3.8, 4) is 39.7 Å². The predicted octanol–water partition coefficient (Wildman–Crippen LogP) is 15.3. The molecule has 60 heavy (non-hydrogen) atoms. The summed E-state index contributed by atoms with van der Waals surface area (Å²) >= 11 is 0. The zero-order valence-electron chi connectivity index (χ0n) is 34.2. The van der Waals surface area contributed by atoms with Crippen LogP contribution in [0.15, 0.2) is 140 Å². The lowest BCUT2D eigenvalue weighted by Gasteiger charge is -2.21. The third-order valence-corrected chi connectivity index (χ3v) is 11.7. The van der Waals surface area contributed by atoms with E-state index >= 15 is 0 Å². The topological polar surface area (TPSA) is 38.0 Å². The minimum atomic E-state index is -4.60. The third kappa shape index (κ3) is 6.30. The molecule has 0 saturated carbocycles. The van der Waals surface area contributed by atoms with Crippen molar-refractivity contribution in [3.05, 3.63) is 173 Å². The molecule has 4 nitrogen and oxygen atoms in total. The summed E-state index contributed by atoms with van der Waals surface area (Å²) in [7, 11) is 0. The third-order valence-electron chi connectivity index (χ3n) is 11.7. The smallest absolute Gasteiger partial charge is 0.309 e. The fourth-order valence-electron chi connectivity index (χ4n) is 8.57. The molecule has 0 unspecified atom stereocenters. The number of hydrogen-bond acceptors (Lipinski definition) is 1. The number of fused-ring (bicyclic) bond motifs is 6. The molecule has 0 atom stereocenters. The van der Waals surface area contributed by atoms with Gasteiger partial charge in [-0.3, -0.25) is 0 Å². The molecule has 2 heterocycles. The number of para-hydroxylation sites is 2. The lowest BCUT2D eigenvalue weighted by molar-refractivity contribution is -0.137. The Hall–Kier alpha value is -7.09. The number of nitriles is 1. The Balaban J connectivity index is 1.41. The number of alkyl halides is 3. The lowest BCUT2D eigenvalue weighted by Crippen LogP contribution is -2.10. The molecule has 9 aromatic rings. The van der Waals surface area contributed by atoms with Crippen LogP contribution in [-0.4, -0.2) is 9.13 Å². The van der Waals surface area contributed by atoms with E-state index in [1.165, 1.54) is 17.2 Å². The fourth-order valence-corrected chi connectivity index (χ4v) is 8.57. The summed E-state index contributed by atoms with van der Waals surface area (Å²) in [5, 5.41) is 14.8. The van der Waals surface area contributed by atoms with Crippen molar-refractivity contribution in [1.82, 2.24) is 9.13 Å². The lowest BCUT2D eigenvalue weighted by atomic mass is 9.86. The Bertz CT molecular complexity index is 3300. The summed E-state index contributed by atoms with van der Waals surface area (Å²) in [6.45, 7) is 21.2. The van der Waals surface area contributed by atoms with Crippen molar-refractivity contribution in [3.63, 3.8) is 0 Å². The number of halogens is 3. The average Bonchev–Trinajstić information content (AvgIpc) is 3.74. The molecule has 0 radical (unpaired) electrons. The highest BCUT2D eigenvalue weighted by Gasteiger charge is 2.31. The van der Waals surface area contributed by atoms with Gasteiger partial charge in [0.2, 0.25) is 0 Å². The van der Waals surface area contributed by atoms with Crippen LogP contribution in [0, 0.1) is 17.9 Å². The first kappa shape index (κ1) is 38.4. The van der Waals surface area contributed by atoms with E-state index in [4.69, 9.17) is 6.57 Å².